The lowest BCUT2D eigenvalue weighted by molar-refractivity contribution is -0.922. The molecule has 1 aromatic carbocycles. The second kappa shape index (κ2) is 6.29. The van der Waals surface area contributed by atoms with Gasteiger partial charge in [-0.05, 0) is 23.8 Å². The first-order valence-corrected chi connectivity index (χ1v) is 8.77. The molecule has 0 bridgehead atoms. The van der Waals surface area contributed by atoms with Gasteiger partial charge in [-0.3, -0.25) is 9.78 Å². The van der Waals surface area contributed by atoms with Crippen molar-refractivity contribution in [1.29, 1.82) is 0 Å². The number of pyridine rings is 1. The summed E-state index contributed by atoms with van der Waals surface area (Å²) in [5.74, 6) is 2.10. The van der Waals surface area contributed by atoms with Gasteiger partial charge >= 0.3 is 0 Å². The lowest BCUT2D eigenvalue weighted by atomic mass is 9.86. The van der Waals surface area contributed by atoms with E-state index >= 15 is 0 Å². The Kier molecular flexibility index (Phi) is 4.07. The highest BCUT2D eigenvalue weighted by atomic mass is 16.7. The summed E-state index contributed by atoms with van der Waals surface area (Å²) in [4.78, 5) is 17.1. The minimum absolute atomic E-state index is 0.0299. The molecule has 1 atom stereocenters. The van der Waals surface area contributed by atoms with Gasteiger partial charge in [0.15, 0.2) is 17.3 Å². The highest BCUT2D eigenvalue weighted by Gasteiger charge is 2.42. The normalized spacial score (nSPS) is 19.7. The number of aromatic nitrogens is 1. The van der Waals surface area contributed by atoms with E-state index < -0.39 is 0 Å². The number of rotatable bonds is 4. The van der Waals surface area contributed by atoms with Crippen molar-refractivity contribution in [1.82, 2.24) is 4.98 Å². The molecule has 136 valence electrons. The van der Waals surface area contributed by atoms with E-state index in [2.05, 4.69) is 19.1 Å². The Labute approximate surface area is 152 Å². The smallest absolute Gasteiger partial charge is 0.231 e. The van der Waals surface area contributed by atoms with Gasteiger partial charge in [0.05, 0.1) is 39.7 Å². The molecule has 3 heterocycles. The van der Waals surface area contributed by atoms with Gasteiger partial charge in [0, 0.05) is 12.6 Å². The van der Waals surface area contributed by atoms with Crippen molar-refractivity contribution in [2.24, 2.45) is 0 Å². The molecule has 0 saturated heterocycles. The van der Waals surface area contributed by atoms with E-state index in [9.17, 15) is 4.79 Å². The van der Waals surface area contributed by atoms with Crippen molar-refractivity contribution < 1.29 is 23.5 Å². The number of ether oxygens (including phenoxy) is 3. The largest absolute Gasteiger partial charge is 0.492 e. The average Bonchev–Trinajstić information content (AvgIpc) is 3.11. The molecular formula is C20H23N2O4+. The van der Waals surface area contributed by atoms with Crippen LogP contribution in [0.15, 0.2) is 30.5 Å². The number of hydrogen-bond donors (Lipinski definition) is 0. The van der Waals surface area contributed by atoms with E-state index in [-0.39, 0.29) is 18.6 Å². The third-order valence-corrected chi connectivity index (χ3v) is 5.41. The Hall–Kier alpha value is -2.60. The fourth-order valence-electron chi connectivity index (χ4n) is 3.92. The van der Waals surface area contributed by atoms with Crippen LogP contribution in [-0.2, 0) is 6.42 Å². The van der Waals surface area contributed by atoms with E-state index in [1.165, 1.54) is 5.56 Å². The minimum atomic E-state index is -0.0299. The fraction of sp³-hybridized carbons (Fsp3) is 0.400. The number of fused-ring (bicyclic) bond motifs is 2. The third kappa shape index (κ3) is 2.70. The first-order valence-electron chi connectivity index (χ1n) is 8.77. The molecular weight excluding hydrogens is 332 g/mol. The fourth-order valence-corrected chi connectivity index (χ4v) is 3.92. The van der Waals surface area contributed by atoms with Crippen molar-refractivity contribution in [2.45, 2.75) is 18.9 Å². The summed E-state index contributed by atoms with van der Waals surface area (Å²) in [7, 11) is 5.95. The first kappa shape index (κ1) is 16.8. The van der Waals surface area contributed by atoms with E-state index in [1.807, 2.05) is 18.2 Å². The molecule has 2 aliphatic heterocycles. The third-order valence-electron chi connectivity index (χ3n) is 5.41. The summed E-state index contributed by atoms with van der Waals surface area (Å²) in [6.07, 6.45) is 2.93. The molecule has 1 aromatic heterocycles. The van der Waals surface area contributed by atoms with Gasteiger partial charge in [0.2, 0.25) is 12.5 Å². The van der Waals surface area contributed by atoms with Crippen LogP contribution in [0.1, 0.15) is 34.1 Å². The van der Waals surface area contributed by atoms with Gasteiger partial charge < -0.3 is 18.7 Å². The van der Waals surface area contributed by atoms with Gasteiger partial charge in [-0.25, -0.2) is 0 Å². The van der Waals surface area contributed by atoms with Crippen molar-refractivity contribution in [3.05, 3.63) is 47.3 Å². The molecule has 26 heavy (non-hydrogen) atoms. The van der Waals surface area contributed by atoms with Crippen LogP contribution in [0.5, 0.6) is 17.2 Å². The molecule has 0 unspecified atom stereocenters. The second-order valence-electron chi connectivity index (χ2n) is 7.33. The Balaban J connectivity index is 1.78. The summed E-state index contributed by atoms with van der Waals surface area (Å²) >= 11 is 0. The molecule has 0 N–H and O–H groups in total. The number of carbonyl (C=O) groups is 1. The van der Waals surface area contributed by atoms with Gasteiger partial charge in [0.25, 0.3) is 0 Å². The molecule has 6 heteroatoms. The number of benzene rings is 1. The maximum absolute atomic E-state index is 12.9. The summed E-state index contributed by atoms with van der Waals surface area (Å²) in [6.45, 7) is 1.14. The van der Waals surface area contributed by atoms with Crippen LogP contribution in [0.3, 0.4) is 0 Å². The van der Waals surface area contributed by atoms with Gasteiger partial charge in [-0.1, -0.05) is 6.07 Å². The number of hydrogen-bond acceptors (Lipinski definition) is 5. The van der Waals surface area contributed by atoms with Crippen molar-refractivity contribution in [2.75, 3.05) is 34.5 Å². The number of Topliss-reactive ketones (excluding diaryl/α,β-unsaturated/α-hetero) is 1. The van der Waals surface area contributed by atoms with E-state index in [1.54, 1.807) is 19.4 Å². The zero-order chi connectivity index (χ0) is 18.3. The van der Waals surface area contributed by atoms with Crippen molar-refractivity contribution >= 4 is 5.78 Å². The zero-order valence-electron chi connectivity index (χ0n) is 15.3. The standard InChI is InChI=1S/C20H23N2O4/c1-22(2)9-7-13-10-17-19(26-12-25-17)20(24-3)18(13)15(22)11-16(23)14-6-4-5-8-21-14/h4-6,8,10,15H,7,9,11-12H2,1-3H3/q+1/t15-/m0/s1. The molecule has 0 spiro atoms. The van der Waals surface area contributed by atoms with Gasteiger partial charge in [-0.2, -0.15) is 0 Å². The molecule has 2 aromatic rings. The zero-order valence-corrected chi connectivity index (χ0v) is 15.3. The van der Waals surface area contributed by atoms with Crippen LogP contribution >= 0.6 is 0 Å². The van der Waals surface area contributed by atoms with Crippen LogP contribution < -0.4 is 14.2 Å². The number of quaternary nitrogens is 1. The summed E-state index contributed by atoms with van der Waals surface area (Å²) in [5.41, 5.74) is 2.72. The van der Waals surface area contributed by atoms with Crippen molar-refractivity contribution in [3.63, 3.8) is 0 Å². The average molecular weight is 355 g/mol. The lowest BCUT2D eigenvalue weighted by Gasteiger charge is -2.43. The summed E-state index contributed by atoms with van der Waals surface area (Å²) < 4.78 is 17.6. The van der Waals surface area contributed by atoms with Crippen LogP contribution in [0.25, 0.3) is 0 Å². The predicted molar refractivity (Wildman–Crippen MR) is 95.7 cm³/mol. The maximum atomic E-state index is 12.9. The van der Waals surface area contributed by atoms with E-state index in [0.29, 0.717) is 28.1 Å². The molecule has 2 aliphatic rings. The monoisotopic (exact) mass is 355 g/mol. The lowest BCUT2D eigenvalue weighted by Crippen LogP contribution is -2.48. The maximum Gasteiger partial charge on any atom is 0.231 e. The Morgan fingerprint density at radius 2 is 2.19 bits per heavy atom. The Bertz CT molecular complexity index is 849. The van der Waals surface area contributed by atoms with Crippen LogP contribution in [-0.4, -0.2) is 49.8 Å². The van der Waals surface area contributed by atoms with Crippen LogP contribution in [0, 0.1) is 0 Å². The second-order valence-corrected chi connectivity index (χ2v) is 7.33. The quantitative estimate of drug-likeness (QED) is 0.623. The number of nitrogens with zero attached hydrogens (tertiary/aromatic N) is 2. The van der Waals surface area contributed by atoms with Gasteiger partial charge in [0.1, 0.15) is 11.7 Å². The summed E-state index contributed by atoms with van der Waals surface area (Å²) in [6, 6.07) is 7.43. The number of likely N-dealkylation sites (N-methyl/N-ethyl adjacent to an activating group) is 1. The van der Waals surface area contributed by atoms with E-state index in [4.69, 9.17) is 14.2 Å². The first-order chi connectivity index (χ1) is 12.5. The van der Waals surface area contributed by atoms with Crippen LogP contribution in [0.2, 0.25) is 0 Å². The van der Waals surface area contributed by atoms with Crippen LogP contribution in [0.4, 0.5) is 0 Å². The Morgan fingerprint density at radius 1 is 1.35 bits per heavy atom. The molecule has 0 saturated carbocycles. The van der Waals surface area contributed by atoms with E-state index in [0.717, 1.165) is 24.3 Å². The highest BCUT2D eigenvalue weighted by molar-refractivity contribution is 5.94. The molecule has 0 radical (unpaired) electrons. The molecule has 6 nitrogen and oxygen atoms in total. The highest BCUT2D eigenvalue weighted by Crippen LogP contribution is 2.51. The predicted octanol–water partition coefficient (Wildman–Crippen LogP) is 2.77. The molecule has 0 aliphatic carbocycles. The molecule has 0 fully saturated rings. The summed E-state index contributed by atoms with van der Waals surface area (Å²) in [5, 5.41) is 0. The SMILES string of the molecule is COc1c2c(cc3c1[C@H](CC(=O)c1ccccn1)[N+](C)(C)CC3)OCO2. The molecule has 0 amide bonds. The Morgan fingerprint density at radius 3 is 2.92 bits per heavy atom. The number of methoxy groups -OCH3 is 1. The van der Waals surface area contributed by atoms with Gasteiger partial charge in [-0.15, -0.1) is 0 Å². The molecule has 4 rings (SSSR count). The number of ketones is 1. The van der Waals surface area contributed by atoms with Crippen molar-refractivity contribution in [3.8, 4) is 17.2 Å². The number of carbonyl (C=O) groups excluding carboxylic acids is 1. The minimum Gasteiger partial charge on any atom is -0.492 e. The topological polar surface area (TPSA) is 57.7 Å².